The highest BCUT2D eigenvalue weighted by atomic mass is 15.1. The van der Waals surface area contributed by atoms with Crippen LogP contribution in [-0.2, 0) is 0 Å². The van der Waals surface area contributed by atoms with Gasteiger partial charge in [0.05, 0.1) is 0 Å². The Morgan fingerprint density at radius 2 is 1.78 bits per heavy atom. The fraction of sp³-hybridized carbons (Fsp3) is 1.00. The summed E-state index contributed by atoms with van der Waals surface area (Å²) in [6, 6.07) is 0.888. The van der Waals surface area contributed by atoms with Crippen LogP contribution in [0.4, 0.5) is 0 Å². The first-order valence-electron chi connectivity index (χ1n) is 7.97. The number of hydrogen-bond donors (Lipinski definition) is 0. The Labute approximate surface area is 70.4 Å². The fourth-order valence-electron chi connectivity index (χ4n) is 1.60. The Hall–Kier alpha value is -0.0400. The molecule has 1 nitrogen and oxygen atoms in total. The molecular formula is C8H25N. The molecule has 0 radical (unpaired) electrons. The van der Waals surface area contributed by atoms with E-state index in [1.54, 1.807) is 0 Å². The average Bonchev–Trinajstić information content (AvgIpc) is 2.48. The third-order valence-electron chi connectivity index (χ3n) is 2.30. The van der Waals surface area contributed by atoms with Crippen LogP contribution in [0.15, 0.2) is 0 Å². The highest BCUT2D eigenvalue weighted by Crippen LogP contribution is 2.20. The molecule has 0 unspecified atom stereocenters. The van der Waals surface area contributed by atoms with E-state index in [2.05, 4.69) is 19.0 Å². The molecular weight excluding hydrogens is 110 g/mol. The zero-order valence-electron chi connectivity index (χ0n) is 14.6. The van der Waals surface area contributed by atoms with Crippen molar-refractivity contribution in [3.05, 3.63) is 0 Å². The van der Waals surface area contributed by atoms with Crippen LogP contribution < -0.4 is 0 Å². The van der Waals surface area contributed by atoms with Crippen LogP contribution in [0.2, 0.25) is 0 Å². The second kappa shape index (κ2) is 3.21. The van der Waals surface area contributed by atoms with E-state index in [4.69, 9.17) is 11.9 Å². The van der Waals surface area contributed by atoms with Gasteiger partial charge in [-0.05, 0) is 26.9 Å². The summed E-state index contributed by atoms with van der Waals surface area (Å²) in [4.78, 5) is 2.36. The molecule has 0 aliphatic heterocycles. The second-order valence-electron chi connectivity index (χ2n) is 3.26. The maximum atomic E-state index is 5.00. The molecule has 1 saturated carbocycles. The Morgan fingerprint density at radius 3 is 2.11 bits per heavy atom. The molecule has 1 heteroatoms. The van der Waals surface area contributed by atoms with E-state index in [-0.39, 0.29) is 0 Å². The summed E-state index contributed by atoms with van der Waals surface area (Å²) < 4.78 is 40.0. The Kier molecular flexibility index (Phi) is 1.21. The first-order chi connectivity index (χ1) is 8.30. The van der Waals surface area contributed by atoms with Gasteiger partial charge in [0.25, 0.3) is 0 Å². The normalized spacial score (nSPS) is 26.6. The maximum Gasteiger partial charge on any atom is 0.00891 e. The number of nitrogens with zero attached hydrogens (tertiary/aromatic N) is 1. The van der Waals surface area contributed by atoms with Gasteiger partial charge >= 0.3 is 0 Å². The molecule has 0 atom stereocenters. The van der Waals surface area contributed by atoms with Gasteiger partial charge < -0.3 is 4.90 Å². The number of hydrogen-bond acceptors (Lipinski definition) is 1. The molecule has 0 spiro atoms. The predicted molar refractivity (Wildman–Crippen MR) is 49.0 cm³/mol. The van der Waals surface area contributed by atoms with Crippen LogP contribution in [0.3, 0.4) is 0 Å². The summed E-state index contributed by atoms with van der Waals surface area (Å²) in [5.41, 5.74) is 0. The van der Waals surface area contributed by atoms with E-state index in [0.717, 1.165) is 6.04 Å². The summed E-state index contributed by atoms with van der Waals surface area (Å²) in [7, 11) is 4.38. The van der Waals surface area contributed by atoms with Gasteiger partial charge in [-0.3, -0.25) is 0 Å². The third kappa shape index (κ3) is 1.98. The summed E-state index contributed by atoms with van der Waals surface area (Å²) in [5, 5.41) is 0. The van der Waals surface area contributed by atoms with E-state index in [9.17, 15) is 0 Å². The van der Waals surface area contributed by atoms with Crippen LogP contribution in [0.25, 0.3) is 0 Å². The maximum absolute atomic E-state index is 5.00. The average molecular weight is 143 g/mol. The zero-order valence-corrected chi connectivity index (χ0v) is 6.56. The molecule has 0 heterocycles. The molecule has 0 aromatic rings. The smallest absolute Gasteiger partial charge is 0.00891 e. The third-order valence-corrected chi connectivity index (χ3v) is 2.30. The van der Waals surface area contributed by atoms with E-state index in [1.807, 2.05) is 0 Å². The van der Waals surface area contributed by atoms with E-state index in [0.29, 0.717) is 0 Å². The van der Waals surface area contributed by atoms with Gasteiger partial charge in [0.15, 0.2) is 0 Å². The Morgan fingerprint density at radius 1 is 1.22 bits per heavy atom. The standard InChI is InChI=1S/C8H17N.4H2/c1-9(2)8-6-4-3-5-7-8;;;;/h8H,3-7H2,1-2H3;4*1H/i;4*1+1D. The molecule has 0 bridgehead atoms. The molecule has 0 aromatic carbocycles. The van der Waals surface area contributed by atoms with Gasteiger partial charge in [-0.1, -0.05) is 19.3 Å². The van der Waals surface area contributed by atoms with Crippen molar-refractivity contribution >= 4 is 0 Å². The summed E-state index contributed by atoms with van der Waals surface area (Å²) in [6.45, 7) is 0. The van der Waals surface area contributed by atoms with Gasteiger partial charge in [-0.25, -0.2) is 0 Å². The van der Waals surface area contributed by atoms with Crippen molar-refractivity contribution in [3.8, 4) is 0 Å². The molecule has 9 heavy (non-hydrogen) atoms. The zero-order chi connectivity index (χ0) is 14.7. The van der Waals surface area contributed by atoms with Crippen molar-refractivity contribution < 1.29 is 11.9 Å². The predicted octanol–water partition coefficient (Wildman–Crippen LogP) is 2.86. The van der Waals surface area contributed by atoms with Crippen LogP contribution in [0.5, 0.6) is 0 Å². The number of rotatable bonds is 1. The van der Waals surface area contributed by atoms with E-state index < -0.39 is 0 Å². The fourth-order valence-corrected chi connectivity index (χ4v) is 1.60. The summed E-state index contributed by atoms with van der Waals surface area (Å²) in [6.07, 6.45) is 7.20. The molecule has 1 aliphatic rings. The molecule has 1 rings (SSSR count). The van der Waals surface area contributed by atoms with Crippen LogP contribution in [0.1, 0.15) is 44.0 Å². The molecule has 1 aliphatic carbocycles. The lowest BCUT2D eigenvalue weighted by Gasteiger charge is -2.27. The minimum atomic E-state index is 0.888. The molecule has 0 amide bonds. The first kappa shape index (κ1) is 3.38. The highest BCUT2D eigenvalue weighted by Gasteiger charge is 2.13. The van der Waals surface area contributed by atoms with Gasteiger partial charge in [0.1, 0.15) is 0 Å². The van der Waals surface area contributed by atoms with Crippen LogP contribution >= 0.6 is 0 Å². The van der Waals surface area contributed by atoms with Crippen molar-refractivity contribution in [2.75, 3.05) is 14.1 Å². The minimum Gasteiger partial charge on any atom is -0.306 e. The topological polar surface area (TPSA) is 3.24 Å². The lowest BCUT2D eigenvalue weighted by atomic mass is 9.95. The second-order valence-corrected chi connectivity index (χ2v) is 3.26. The van der Waals surface area contributed by atoms with Gasteiger partial charge in [-0.15, -0.1) is 0 Å². The first-order valence-corrected chi connectivity index (χ1v) is 3.97. The molecule has 0 N–H and O–H groups in total. The largest absolute Gasteiger partial charge is 0.306 e. The lowest BCUT2D eigenvalue weighted by Crippen LogP contribution is -2.29. The van der Waals surface area contributed by atoms with E-state index in [1.165, 1.54) is 32.1 Å². The van der Waals surface area contributed by atoms with Crippen molar-refractivity contribution in [2.45, 2.75) is 38.1 Å². The van der Waals surface area contributed by atoms with Gasteiger partial charge in [-0.2, -0.15) is 0 Å². The van der Waals surface area contributed by atoms with E-state index >= 15 is 0 Å². The SMILES string of the molecule is CN(C)C1CCCCC1.[2H][2H].[2H][2H].[2H][2H].[2H][2H]. The molecule has 0 saturated heterocycles. The summed E-state index contributed by atoms with van der Waals surface area (Å²) >= 11 is 0. The molecule has 1 fully saturated rings. The lowest BCUT2D eigenvalue weighted by molar-refractivity contribution is 0.229. The Bertz CT molecular complexity index is 89.6. The molecule has 0 aromatic heterocycles. The van der Waals surface area contributed by atoms with Crippen molar-refractivity contribution in [1.82, 2.24) is 4.90 Å². The van der Waals surface area contributed by atoms with Gasteiger partial charge in [0.2, 0.25) is 0 Å². The minimum absolute atomic E-state index is 0.888. The Balaban J connectivity index is -0.0000000905. The highest BCUT2D eigenvalue weighted by molar-refractivity contribution is 4.70. The molecule has 62 valence electrons. The van der Waals surface area contributed by atoms with Gasteiger partial charge in [0, 0.05) is 17.9 Å². The van der Waals surface area contributed by atoms with Crippen LogP contribution in [0, 0.1) is 0 Å². The van der Waals surface area contributed by atoms with Crippen molar-refractivity contribution in [2.24, 2.45) is 0 Å². The monoisotopic (exact) mass is 143 g/mol. The van der Waals surface area contributed by atoms with Crippen molar-refractivity contribution in [1.29, 1.82) is 0 Å². The van der Waals surface area contributed by atoms with Crippen molar-refractivity contribution in [3.63, 3.8) is 0 Å². The quantitative estimate of drug-likeness (QED) is 0.545. The van der Waals surface area contributed by atoms with Crippen LogP contribution in [-0.4, -0.2) is 25.0 Å². The summed E-state index contributed by atoms with van der Waals surface area (Å²) in [5.74, 6) is 0.